The number of hydrogen-bond donors (Lipinski definition) is 3. The summed E-state index contributed by atoms with van der Waals surface area (Å²) in [6.45, 7) is 4.85. The molecule has 3 N–H and O–H groups in total. The van der Waals surface area contributed by atoms with Crippen molar-refractivity contribution in [3.63, 3.8) is 0 Å². The first-order valence-electron chi connectivity index (χ1n) is 5.95. The van der Waals surface area contributed by atoms with Gasteiger partial charge in [0.1, 0.15) is 0 Å². The van der Waals surface area contributed by atoms with Gasteiger partial charge < -0.3 is 10.1 Å². The molecule has 1 atom stereocenters. The predicted molar refractivity (Wildman–Crippen MR) is 76.9 cm³/mol. The molecule has 1 rings (SSSR count). The number of thiazole rings is 1. The Morgan fingerprint density at radius 1 is 1.55 bits per heavy atom. The molecule has 0 aliphatic heterocycles. The van der Waals surface area contributed by atoms with Gasteiger partial charge in [0.15, 0.2) is 5.13 Å². The molecule has 0 aromatic carbocycles. The number of anilines is 1. The SMILES string of the molecule is CCCNC(C)c1csc(NS(=O)(=O)NC(=O)OC)n1. The molecule has 20 heavy (non-hydrogen) atoms. The molecule has 0 spiro atoms. The smallest absolute Gasteiger partial charge is 0.422 e. The summed E-state index contributed by atoms with van der Waals surface area (Å²) in [4.78, 5) is 15.0. The molecule has 0 radical (unpaired) electrons. The van der Waals surface area contributed by atoms with Crippen LogP contribution < -0.4 is 14.8 Å². The maximum Gasteiger partial charge on any atom is 0.422 e. The van der Waals surface area contributed by atoms with Crippen molar-refractivity contribution in [3.8, 4) is 0 Å². The molecule has 1 amide bonds. The summed E-state index contributed by atoms with van der Waals surface area (Å²) in [5.74, 6) is 0. The van der Waals surface area contributed by atoms with Gasteiger partial charge in [-0.2, -0.15) is 8.42 Å². The second kappa shape index (κ2) is 7.41. The third-order valence-electron chi connectivity index (χ3n) is 2.29. The average Bonchev–Trinajstić information content (AvgIpc) is 2.82. The Kier molecular flexibility index (Phi) is 6.17. The summed E-state index contributed by atoms with van der Waals surface area (Å²) in [6, 6.07) is 0.0259. The van der Waals surface area contributed by atoms with Gasteiger partial charge >= 0.3 is 16.3 Å². The number of nitrogens with one attached hydrogen (secondary N) is 3. The van der Waals surface area contributed by atoms with Crippen molar-refractivity contribution in [2.45, 2.75) is 26.3 Å². The lowest BCUT2D eigenvalue weighted by Crippen LogP contribution is -2.35. The Morgan fingerprint density at radius 3 is 2.85 bits per heavy atom. The van der Waals surface area contributed by atoms with E-state index in [1.165, 1.54) is 0 Å². The van der Waals surface area contributed by atoms with E-state index in [1.54, 1.807) is 10.1 Å². The van der Waals surface area contributed by atoms with E-state index in [1.807, 2.05) is 6.92 Å². The number of amides is 1. The number of ether oxygens (including phenoxy) is 1. The number of nitrogens with zero attached hydrogens (tertiary/aromatic N) is 1. The molecule has 0 aliphatic carbocycles. The largest absolute Gasteiger partial charge is 0.452 e. The number of carbonyl (C=O) groups excluding carboxylic acids is 1. The highest BCUT2D eigenvalue weighted by atomic mass is 32.2. The van der Waals surface area contributed by atoms with Gasteiger partial charge in [-0.25, -0.2) is 19.2 Å². The Morgan fingerprint density at radius 2 is 2.25 bits per heavy atom. The van der Waals surface area contributed by atoms with Crippen LogP contribution in [0.25, 0.3) is 0 Å². The zero-order valence-corrected chi connectivity index (χ0v) is 13.1. The third kappa shape index (κ3) is 5.31. The van der Waals surface area contributed by atoms with E-state index < -0.39 is 16.3 Å². The molecule has 0 saturated heterocycles. The van der Waals surface area contributed by atoms with E-state index in [0.29, 0.717) is 0 Å². The fourth-order valence-corrected chi connectivity index (χ4v) is 3.09. The highest BCUT2D eigenvalue weighted by molar-refractivity contribution is 7.91. The standard InChI is InChI=1S/C10H18N4O4S2/c1-4-5-11-7(2)8-6-19-9(12-8)13-20(16,17)14-10(15)18-3/h6-7,11H,4-5H2,1-3H3,(H,12,13)(H,14,15). The van der Waals surface area contributed by atoms with E-state index in [4.69, 9.17) is 0 Å². The minimum Gasteiger partial charge on any atom is -0.452 e. The van der Waals surface area contributed by atoms with Gasteiger partial charge in [-0.05, 0) is 19.9 Å². The zero-order chi connectivity index (χ0) is 15.2. The lowest BCUT2D eigenvalue weighted by Gasteiger charge is -2.09. The predicted octanol–water partition coefficient (Wildman–Crippen LogP) is 1.22. The monoisotopic (exact) mass is 322 g/mol. The molecular formula is C10H18N4O4S2. The molecule has 114 valence electrons. The van der Waals surface area contributed by atoms with Crippen LogP contribution in [0.2, 0.25) is 0 Å². The molecule has 0 bridgehead atoms. The number of hydrogen-bond acceptors (Lipinski definition) is 7. The quantitative estimate of drug-likeness (QED) is 0.696. The fraction of sp³-hybridized carbons (Fsp3) is 0.600. The molecule has 10 heteroatoms. The van der Waals surface area contributed by atoms with Crippen molar-refractivity contribution in [2.24, 2.45) is 0 Å². The minimum absolute atomic E-state index is 0.0259. The van der Waals surface area contributed by atoms with Crippen molar-refractivity contribution < 1.29 is 17.9 Å². The first kappa shape index (κ1) is 16.7. The van der Waals surface area contributed by atoms with E-state index in [9.17, 15) is 13.2 Å². The van der Waals surface area contributed by atoms with Crippen LogP contribution in [0.3, 0.4) is 0 Å². The van der Waals surface area contributed by atoms with Crippen LogP contribution in [0, 0.1) is 0 Å². The average molecular weight is 322 g/mol. The maximum atomic E-state index is 11.5. The van der Waals surface area contributed by atoms with E-state index >= 15 is 0 Å². The van der Waals surface area contributed by atoms with Crippen molar-refractivity contribution in [3.05, 3.63) is 11.1 Å². The van der Waals surface area contributed by atoms with Crippen LogP contribution >= 0.6 is 11.3 Å². The first-order chi connectivity index (χ1) is 9.38. The van der Waals surface area contributed by atoms with Gasteiger partial charge in [-0.3, -0.25) is 0 Å². The van der Waals surface area contributed by atoms with Crippen LogP contribution in [0.15, 0.2) is 5.38 Å². The Bertz CT molecular complexity index is 543. The lowest BCUT2D eigenvalue weighted by molar-refractivity contribution is 0.177. The normalized spacial score (nSPS) is 12.8. The highest BCUT2D eigenvalue weighted by Crippen LogP contribution is 2.21. The number of aromatic nitrogens is 1. The van der Waals surface area contributed by atoms with Gasteiger partial charge in [-0.15, -0.1) is 11.3 Å². The van der Waals surface area contributed by atoms with Gasteiger partial charge in [0.25, 0.3) is 0 Å². The van der Waals surface area contributed by atoms with Gasteiger partial charge in [0.2, 0.25) is 0 Å². The summed E-state index contributed by atoms with van der Waals surface area (Å²) in [5, 5.41) is 5.18. The highest BCUT2D eigenvalue weighted by Gasteiger charge is 2.17. The minimum atomic E-state index is -4.02. The molecule has 0 saturated carbocycles. The van der Waals surface area contributed by atoms with Crippen LogP contribution in [0.5, 0.6) is 0 Å². The third-order valence-corrected chi connectivity index (χ3v) is 4.09. The Labute approximate surface area is 122 Å². The van der Waals surface area contributed by atoms with Crippen LogP contribution in [0.1, 0.15) is 32.0 Å². The first-order valence-corrected chi connectivity index (χ1v) is 8.31. The maximum absolute atomic E-state index is 11.5. The summed E-state index contributed by atoms with van der Waals surface area (Å²) < 4.78 is 31.1. The molecule has 0 fully saturated rings. The summed E-state index contributed by atoms with van der Waals surface area (Å²) >= 11 is 1.14. The second-order valence-corrected chi connectivity index (χ2v) is 6.23. The summed E-state index contributed by atoms with van der Waals surface area (Å²) in [7, 11) is -2.95. The molecule has 1 heterocycles. The molecular weight excluding hydrogens is 304 g/mol. The van der Waals surface area contributed by atoms with Crippen LogP contribution in [0.4, 0.5) is 9.93 Å². The number of carbonyl (C=O) groups is 1. The summed E-state index contributed by atoms with van der Waals surface area (Å²) in [6.07, 6.45) is -0.0657. The van der Waals surface area contributed by atoms with E-state index in [2.05, 4.69) is 26.7 Å². The van der Waals surface area contributed by atoms with Crippen molar-refractivity contribution in [2.75, 3.05) is 18.4 Å². The molecule has 1 unspecified atom stereocenters. The molecule has 1 aromatic rings. The van der Waals surface area contributed by atoms with E-state index in [-0.39, 0.29) is 11.2 Å². The molecule has 0 aliphatic rings. The van der Waals surface area contributed by atoms with Crippen LogP contribution in [-0.2, 0) is 14.9 Å². The topological polar surface area (TPSA) is 109 Å². The lowest BCUT2D eigenvalue weighted by atomic mass is 10.2. The Hall–Kier alpha value is -1.39. The fourth-order valence-electron chi connectivity index (χ4n) is 1.29. The van der Waals surface area contributed by atoms with Crippen molar-refractivity contribution in [1.82, 2.24) is 15.0 Å². The number of methoxy groups -OCH3 is 1. The zero-order valence-electron chi connectivity index (χ0n) is 11.5. The second-order valence-electron chi connectivity index (χ2n) is 3.95. The van der Waals surface area contributed by atoms with Crippen molar-refractivity contribution in [1.29, 1.82) is 0 Å². The van der Waals surface area contributed by atoms with Crippen LogP contribution in [-0.4, -0.2) is 33.1 Å². The van der Waals surface area contributed by atoms with Gasteiger partial charge in [0.05, 0.1) is 12.8 Å². The van der Waals surface area contributed by atoms with Gasteiger partial charge in [0, 0.05) is 11.4 Å². The Balaban J connectivity index is 2.66. The van der Waals surface area contributed by atoms with E-state index in [0.717, 1.165) is 37.1 Å². The van der Waals surface area contributed by atoms with Crippen molar-refractivity contribution >= 4 is 32.8 Å². The van der Waals surface area contributed by atoms with Gasteiger partial charge in [-0.1, -0.05) is 6.92 Å². The summed E-state index contributed by atoms with van der Waals surface area (Å²) in [5.41, 5.74) is 0.735. The molecule has 8 nitrogen and oxygen atoms in total. The number of rotatable bonds is 7. The molecule has 1 aromatic heterocycles.